The zero-order valence-electron chi connectivity index (χ0n) is 18.6. The standard InChI is InChI=1S/C23H31FO6/c1-21(2,3)29-19(26)17-15(25)12-23(7,28)18(20(27)30-22(4,5)6)16(17)13-8-10-14(24)11-9-13/h8-11,16-18,28H,12H2,1-7H3/t16-,17+,18-,23-/m0/s1. The molecule has 0 radical (unpaired) electrons. The second-order valence-electron chi connectivity index (χ2n) is 10.1. The van der Waals surface area contributed by atoms with Gasteiger partial charge in [-0.2, -0.15) is 0 Å². The lowest BCUT2D eigenvalue weighted by molar-refractivity contribution is -0.182. The topological polar surface area (TPSA) is 89.9 Å². The van der Waals surface area contributed by atoms with Crippen molar-refractivity contribution in [1.29, 1.82) is 0 Å². The Kier molecular flexibility index (Phi) is 6.48. The summed E-state index contributed by atoms with van der Waals surface area (Å²) in [7, 11) is 0. The summed E-state index contributed by atoms with van der Waals surface area (Å²) in [5.74, 6) is -6.18. The largest absolute Gasteiger partial charge is 0.460 e. The van der Waals surface area contributed by atoms with Crippen LogP contribution in [0, 0.1) is 17.7 Å². The van der Waals surface area contributed by atoms with Crippen LogP contribution in [-0.4, -0.2) is 39.6 Å². The molecule has 0 aromatic heterocycles. The van der Waals surface area contributed by atoms with E-state index in [1.165, 1.54) is 31.2 Å². The first-order valence-corrected chi connectivity index (χ1v) is 9.98. The highest BCUT2D eigenvalue weighted by Crippen LogP contribution is 2.47. The molecule has 0 heterocycles. The van der Waals surface area contributed by atoms with Crippen LogP contribution in [0.2, 0.25) is 0 Å². The van der Waals surface area contributed by atoms with Gasteiger partial charge in [0, 0.05) is 12.3 Å². The molecule has 0 spiro atoms. The molecule has 1 aliphatic carbocycles. The van der Waals surface area contributed by atoms with Gasteiger partial charge in [0.15, 0.2) is 5.78 Å². The van der Waals surface area contributed by atoms with Gasteiger partial charge in [-0.05, 0) is 66.2 Å². The zero-order valence-corrected chi connectivity index (χ0v) is 18.6. The summed E-state index contributed by atoms with van der Waals surface area (Å²) in [6.07, 6.45) is -0.404. The van der Waals surface area contributed by atoms with Crippen LogP contribution < -0.4 is 0 Å². The zero-order chi connectivity index (χ0) is 23.1. The number of hydrogen-bond acceptors (Lipinski definition) is 6. The SMILES string of the molecule is CC(C)(C)OC(=O)[C@@H]1C(=O)C[C@](C)(O)[C@H](C(=O)OC(C)(C)C)[C@H]1c1ccc(F)cc1. The normalized spacial score (nSPS) is 27.5. The first kappa shape index (κ1) is 24.0. The Morgan fingerprint density at radius 2 is 1.47 bits per heavy atom. The first-order chi connectivity index (χ1) is 13.5. The lowest BCUT2D eigenvalue weighted by Crippen LogP contribution is -2.56. The average Bonchev–Trinajstić information content (AvgIpc) is 2.50. The second kappa shape index (κ2) is 8.10. The van der Waals surface area contributed by atoms with Crippen molar-refractivity contribution < 1.29 is 33.4 Å². The number of Topliss-reactive ketones (excluding diaryl/α,β-unsaturated/α-hetero) is 1. The highest BCUT2D eigenvalue weighted by atomic mass is 19.1. The van der Waals surface area contributed by atoms with Gasteiger partial charge in [0.05, 0.1) is 11.5 Å². The van der Waals surface area contributed by atoms with Crippen molar-refractivity contribution in [2.24, 2.45) is 11.8 Å². The third kappa shape index (κ3) is 5.65. The van der Waals surface area contributed by atoms with E-state index >= 15 is 0 Å². The Hall–Kier alpha value is -2.28. The smallest absolute Gasteiger partial charge is 0.317 e. The van der Waals surface area contributed by atoms with Gasteiger partial charge in [-0.25, -0.2) is 4.39 Å². The van der Waals surface area contributed by atoms with Crippen LogP contribution in [0.25, 0.3) is 0 Å². The maximum atomic E-state index is 13.5. The van der Waals surface area contributed by atoms with E-state index in [1.54, 1.807) is 41.5 Å². The highest BCUT2D eigenvalue weighted by Gasteiger charge is 2.57. The van der Waals surface area contributed by atoms with E-state index in [0.717, 1.165) is 0 Å². The van der Waals surface area contributed by atoms with E-state index in [-0.39, 0.29) is 0 Å². The van der Waals surface area contributed by atoms with Gasteiger partial charge in [0.25, 0.3) is 0 Å². The average molecular weight is 422 g/mol. The third-order valence-electron chi connectivity index (χ3n) is 4.84. The molecule has 1 fully saturated rings. The van der Waals surface area contributed by atoms with Gasteiger partial charge in [0.2, 0.25) is 0 Å². The fourth-order valence-electron chi connectivity index (χ4n) is 3.83. The van der Waals surface area contributed by atoms with Gasteiger partial charge in [-0.3, -0.25) is 14.4 Å². The highest BCUT2D eigenvalue weighted by molar-refractivity contribution is 6.03. The van der Waals surface area contributed by atoms with E-state index in [0.29, 0.717) is 5.56 Å². The van der Waals surface area contributed by atoms with Crippen molar-refractivity contribution in [3.63, 3.8) is 0 Å². The quantitative estimate of drug-likeness (QED) is 0.592. The number of carbonyl (C=O) groups excluding carboxylic acids is 3. The van der Waals surface area contributed by atoms with E-state index < -0.39 is 64.5 Å². The minimum atomic E-state index is -1.75. The van der Waals surface area contributed by atoms with Gasteiger partial charge >= 0.3 is 11.9 Å². The van der Waals surface area contributed by atoms with Crippen molar-refractivity contribution >= 4 is 17.7 Å². The van der Waals surface area contributed by atoms with Crippen LogP contribution in [0.15, 0.2) is 24.3 Å². The number of hydrogen-bond donors (Lipinski definition) is 1. The number of esters is 2. The van der Waals surface area contributed by atoms with E-state index in [9.17, 15) is 23.9 Å². The van der Waals surface area contributed by atoms with Crippen LogP contribution in [0.3, 0.4) is 0 Å². The fourth-order valence-corrected chi connectivity index (χ4v) is 3.83. The Morgan fingerprint density at radius 1 is 1.00 bits per heavy atom. The maximum Gasteiger partial charge on any atom is 0.317 e. The number of rotatable bonds is 3. The fraction of sp³-hybridized carbons (Fsp3) is 0.609. The third-order valence-corrected chi connectivity index (χ3v) is 4.84. The molecule has 0 unspecified atom stereocenters. The Labute approximate surface area is 176 Å². The van der Waals surface area contributed by atoms with E-state index in [2.05, 4.69) is 0 Å². The Morgan fingerprint density at radius 3 is 1.93 bits per heavy atom. The van der Waals surface area contributed by atoms with Gasteiger partial charge in [-0.1, -0.05) is 12.1 Å². The first-order valence-electron chi connectivity index (χ1n) is 9.98. The molecular formula is C23H31FO6. The van der Waals surface area contributed by atoms with Crippen molar-refractivity contribution in [2.45, 2.75) is 77.6 Å². The van der Waals surface area contributed by atoms with E-state index in [1.807, 2.05) is 0 Å². The van der Waals surface area contributed by atoms with Gasteiger partial charge < -0.3 is 14.6 Å². The molecule has 1 aromatic rings. The van der Waals surface area contributed by atoms with Crippen molar-refractivity contribution in [2.75, 3.05) is 0 Å². The molecule has 0 amide bonds. The Bertz CT molecular complexity index is 814. The number of aliphatic hydroxyl groups is 1. The maximum absolute atomic E-state index is 13.5. The molecule has 6 nitrogen and oxygen atoms in total. The minimum Gasteiger partial charge on any atom is -0.460 e. The summed E-state index contributed by atoms with van der Waals surface area (Å²) in [6, 6.07) is 5.18. The van der Waals surface area contributed by atoms with Crippen LogP contribution in [-0.2, 0) is 23.9 Å². The van der Waals surface area contributed by atoms with Crippen LogP contribution in [0.1, 0.15) is 66.4 Å². The number of benzene rings is 1. The van der Waals surface area contributed by atoms with Crippen molar-refractivity contribution in [1.82, 2.24) is 0 Å². The predicted octanol–water partition coefficient (Wildman–Crippen LogP) is 3.55. The van der Waals surface area contributed by atoms with Gasteiger partial charge in [0.1, 0.15) is 22.9 Å². The number of carbonyl (C=O) groups is 3. The monoisotopic (exact) mass is 422 g/mol. The van der Waals surface area contributed by atoms with Crippen molar-refractivity contribution in [3.8, 4) is 0 Å². The molecule has 0 saturated heterocycles. The number of ether oxygens (including phenoxy) is 2. The van der Waals surface area contributed by atoms with Crippen LogP contribution >= 0.6 is 0 Å². The summed E-state index contributed by atoms with van der Waals surface area (Å²) in [6.45, 7) is 11.5. The lowest BCUT2D eigenvalue weighted by atomic mass is 9.61. The summed E-state index contributed by atoms with van der Waals surface area (Å²) < 4.78 is 24.5. The molecular weight excluding hydrogens is 391 g/mol. The summed E-state index contributed by atoms with van der Waals surface area (Å²) >= 11 is 0. The van der Waals surface area contributed by atoms with Crippen LogP contribution in [0.4, 0.5) is 4.39 Å². The molecule has 0 bridgehead atoms. The Balaban J connectivity index is 2.62. The lowest BCUT2D eigenvalue weighted by Gasteiger charge is -2.44. The second-order valence-corrected chi connectivity index (χ2v) is 10.1. The molecule has 2 rings (SSSR count). The molecule has 1 aromatic carbocycles. The molecule has 1 saturated carbocycles. The molecule has 0 aliphatic heterocycles. The summed E-state index contributed by atoms with van der Waals surface area (Å²) in [4.78, 5) is 39.1. The van der Waals surface area contributed by atoms with Gasteiger partial charge in [-0.15, -0.1) is 0 Å². The van der Waals surface area contributed by atoms with Crippen molar-refractivity contribution in [3.05, 3.63) is 35.6 Å². The predicted molar refractivity (Wildman–Crippen MR) is 108 cm³/mol. The van der Waals surface area contributed by atoms with Crippen LogP contribution in [0.5, 0.6) is 0 Å². The molecule has 1 N–H and O–H groups in total. The van der Waals surface area contributed by atoms with E-state index in [4.69, 9.17) is 9.47 Å². The number of halogens is 1. The molecule has 4 atom stereocenters. The molecule has 30 heavy (non-hydrogen) atoms. The summed E-state index contributed by atoms with van der Waals surface area (Å²) in [5.41, 5.74) is -3.08. The number of ketones is 1. The summed E-state index contributed by atoms with van der Waals surface area (Å²) in [5, 5.41) is 11.0. The molecule has 166 valence electrons. The molecule has 1 aliphatic rings. The minimum absolute atomic E-state index is 0.372. The molecule has 7 heteroatoms.